The van der Waals surface area contributed by atoms with Gasteiger partial charge in [0, 0.05) is 5.41 Å². The lowest BCUT2D eigenvalue weighted by atomic mass is 9.90. The summed E-state index contributed by atoms with van der Waals surface area (Å²) in [5.74, 6) is 0.733. The second-order valence-corrected chi connectivity index (χ2v) is 3.20. The van der Waals surface area contributed by atoms with Crippen molar-refractivity contribution < 1.29 is 0 Å². The van der Waals surface area contributed by atoms with Crippen LogP contribution in [0.2, 0.25) is 0 Å². The zero-order valence-electron chi connectivity index (χ0n) is 6.25. The van der Waals surface area contributed by atoms with Gasteiger partial charge < -0.3 is 0 Å². The standard InChI is InChI=1S/C10H12/c1-2-5-10-6-3-9(8-10)4-7-10/h2-7,9H,8H2,1H3/b5-2-. The van der Waals surface area contributed by atoms with Crippen molar-refractivity contribution >= 4 is 0 Å². The third-order valence-corrected chi connectivity index (χ3v) is 2.37. The minimum atomic E-state index is 0.319. The summed E-state index contributed by atoms with van der Waals surface area (Å²) in [6, 6.07) is 0. The van der Waals surface area contributed by atoms with Gasteiger partial charge in [0.1, 0.15) is 0 Å². The van der Waals surface area contributed by atoms with Gasteiger partial charge in [-0.3, -0.25) is 0 Å². The van der Waals surface area contributed by atoms with Gasteiger partial charge in [-0.15, -0.1) is 0 Å². The predicted molar refractivity (Wildman–Crippen MR) is 43.6 cm³/mol. The van der Waals surface area contributed by atoms with E-state index >= 15 is 0 Å². The zero-order valence-corrected chi connectivity index (χ0v) is 6.25. The van der Waals surface area contributed by atoms with Crippen molar-refractivity contribution in [3.8, 4) is 0 Å². The molecule has 0 heterocycles. The van der Waals surface area contributed by atoms with E-state index in [0.717, 1.165) is 5.92 Å². The lowest BCUT2D eigenvalue weighted by Crippen LogP contribution is -2.03. The van der Waals surface area contributed by atoms with Crippen LogP contribution in [0.4, 0.5) is 0 Å². The van der Waals surface area contributed by atoms with Crippen molar-refractivity contribution in [2.45, 2.75) is 13.3 Å². The Labute approximate surface area is 61.9 Å². The fraction of sp³-hybridized carbons (Fsp3) is 0.400. The summed E-state index contributed by atoms with van der Waals surface area (Å²) >= 11 is 0. The summed E-state index contributed by atoms with van der Waals surface area (Å²) in [5.41, 5.74) is 0.319. The monoisotopic (exact) mass is 132 g/mol. The second kappa shape index (κ2) is 1.85. The van der Waals surface area contributed by atoms with E-state index in [1.807, 2.05) is 0 Å². The van der Waals surface area contributed by atoms with E-state index < -0.39 is 0 Å². The molecule has 0 nitrogen and oxygen atoms in total. The van der Waals surface area contributed by atoms with E-state index in [0.29, 0.717) is 5.41 Å². The lowest BCUT2D eigenvalue weighted by Gasteiger charge is -2.14. The molecule has 0 heteroatoms. The SMILES string of the molecule is C/C=C\C12C=CC(C=C1)C2. The first-order chi connectivity index (χ1) is 4.85. The van der Waals surface area contributed by atoms with Crippen molar-refractivity contribution in [2.75, 3.05) is 0 Å². The molecule has 0 aromatic heterocycles. The summed E-state index contributed by atoms with van der Waals surface area (Å²) in [6.07, 6.45) is 14.9. The summed E-state index contributed by atoms with van der Waals surface area (Å²) in [5, 5.41) is 0. The van der Waals surface area contributed by atoms with Crippen LogP contribution in [0.15, 0.2) is 36.5 Å². The third-order valence-electron chi connectivity index (χ3n) is 2.37. The van der Waals surface area contributed by atoms with Gasteiger partial charge in [0.2, 0.25) is 0 Å². The molecule has 0 aromatic carbocycles. The zero-order chi connectivity index (χ0) is 7.03. The lowest BCUT2D eigenvalue weighted by molar-refractivity contribution is 0.600. The van der Waals surface area contributed by atoms with Gasteiger partial charge in [0.15, 0.2) is 0 Å². The number of rotatable bonds is 1. The Morgan fingerprint density at radius 2 is 2.10 bits per heavy atom. The number of hydrogen-bond acceptors (Lipinski definition) is 0. The van der Waals surface area contributed by atoms with Crippen molar-refractivity contribution in [3.63, 3.8) is 0 Å². The van der Waals surface area contributed by atoms with Crippen molar-refractivity contribution in [2.24, 2.45) is 11.3 Å². The van der Waals surface area contributed by atoms with Crippen LogP contribution in [0.25, 0.3) is 0 Å². The van der Waals surface area contributed by atoms with Gasteiger partial charge in [-0.25, -0.2) is 0 Å². The highest BCUT2D eigenvalue weighted by Gasteiger charge is 2.33. The summed E-state index contributed by atoms with van der Waals surface area (Å²) < 4.78 is 0. The largest absolute Gasteiger partial charge is 0.0905 e. The van der Waals surface area contributed by atoms with Gasteiger partial charge in [-0.1, -0.05) is 36.5 Å². The molecule has 0 saturated heterocycles. The molecule has 0 saturated carbocycles. The quantitative estimate of drug-likeness (QED) is 0.481. The average molecular weight is 132 g/mol. The maximum Gasteiger partial charge on any atom is 0.0250 e. The Balaban J connectivity index is 2.31. The van der Waals surface area contributed by atoms with Gasteiger partial charge in [0.05, 0.1) is 0 Å². The molecule has 52 valence electrons. The Morgan fingerprint density at radius 1 is 1.40 bits per heavy atom. The highest BCUT2D eigenvalue weighted by molar-refractivity contribution is 5.34. The van der Waals surface area contributed by atoms with Crippen LogP contribution < -0.4 is 0 Å². The van der Waals surface area contributed by atoms with Crippen LogP contribution in [0.5, 0.6) is 0 Å². The van der Waals surface area contributed by atoms with E-state index in [1.54, 1.807) is 0 Å². The van der Waals surface area contributed by atoms with Crippen LogP contribution in [0.3, 0.4) is 0 Å². The molecule has 0 amide bonds. The summed E-state index contributed by atoms with van der Waals surface area (Å²) in [6.45, 7) is 2.09. The molecular formula is C10H12. The molecule has 0 N–H and O–H groups in total. The highest BCUT2D eigenvalue weighted by Crippen LogP contribution is 2.44. The van der Waals surface area contributed by atoms with E-state index in [2.05, 4.69) is 43.4 Å². The third kappa shape index (κ3) is 0.683. The summed E-state index contributed by atoms with van der Waals surface area (Å²) in [7, 11) is 0. The first kappa shape index (κ1) is 5.96. The molecule has 2 rings (SSSR count). The molecule has 0 aliphatic heterocycles. The minimum Gasteiger partial charge on any atom is -0.0905 e. The van der Waals surface area contributed by atoms with Crippen LogP contribution in [-0.4, -0.2) is 0 Å². The van der Waals surface area contributed by atoms with Crippen LogP contribution in [-0.2, 0) is 0 Å². The molecule has 2 bridgehead atoms. The first-order valence-corrected chi connectivity index (χ1v) is 3.87. The fourth-order valence-electron chi connectivity index (χ4n) is 1.90. The van der Waals surface area contributed by atoms with Crippen molar-refractivity contribution in [3.05, 3.63) is 36.5 Å². The van der Waals surface area contributed by atoms with Gasteiger partial charge in [-0.2, -0.15) is 0 Å². The number of fused-ring (bicyclic) bond motifs is 2. The molecule has 0 radical (unpaired) electrons. The van der Waals surface area contributed by atoms with Crippen molar-refractivity contribution in [1.82, 2.24) is 0 Å². The van der Waals surface area contributed by atoms with Crippen molar-refractivity contribution in [1.29, 1.82) is 0 Å². The molecule has 2 aliphatic rings. The Kier molecular flexibility index (Phi) is 1.10. The minimum absolute atomic E-state index is 0.319. The molecule has 0 atom stereocenters. The molecule has 10 heavy (non-hydrogen) atoms. The molecule has 0 aromatic rings. The topological polar surface area (TPSA) is 0 Å². The first-order valence-electron chi connectivity index (χ1n) is 3.87. The van der Waals surface area contributed by atoms with E-state index in [9.17, 15) is 0 Å². The average Bonchev–Trinajstić information content (AvgIpc) is 2.46. The molecular weight excluding hydrogens is 120 g/mol. The maximum absolute atomic E-state index is 2.32. The van der Waals surface area contributed by atoms with E-state index in [4.69, 9.17) is 0 Å². The van der Waals surface area contributed by atoms with E-state index in [-0.39, 0.29) is 0 Å². The Hall–Kier alpha value is -0.780. The molecule has 2 aliphatic carbocycles. The smallest absolute Gasteiger partial charge is 0.0250 e. The second-order valence-electron chi connectivity index (χ2n) is 3.20. The van der Waals surface area contributed by atoms with Crippen LogP contribution >= 0.6 is 0 Å². The highest BCUT2D eigenvalue weighted by atomic mass is 14.4. The number of allylic oxidation sites excluding steroid dienone is 6. The van der Waals surface area contributed by atoms with Crippen LogP contribution in [0.1, 0.15) is 13.3 Å². The van der Waals surface area contributed by atoms with Gasteiger partial charge in [0.25, 0.3) is 0 Å². The normalized spacial score (nSPS) is 42.3. The fourth-order valence-corrected chi connectivity index (χ4v) is 1.90. The Morgan fingerprint density at radius 3 is 2.50 bits per heavy atom. The molecule has 0 unspecified atom stereocenters. The predicted octanol–water partition coefficient (Wildman–Crippen LogP) is 2.69. The van der Waals surface area contributed by atoms with E-state index in [1.165, 1.54) is 6.42 Å². The molecule has 0 fully saturated rings. The molecule has 0 spiro atoms. The van der Waals surface area contributed by atoms with Gasteiger partial charge >= 0.3 is 0 Å². The Bertz CT molecular complexity index is 204. The maximum atomic E-state index is 2.32. The van der Waals surface area contributed by atoms with Gasteiger partial charge in [-0.05, 0) is 19.3 Å². The summed E-state index contributed by atoms with van der Waals surface area (Å²) in [4.78, 5) is 0. The number of hydrogen-bond donors (Lipinski definition) is 0. The van der Waals surface area contributed by atoms with Crippen LogP contribution in [0, 0.1) is 11.3 Å².